The summed E-state index contributed by atoms with van der Waals surface area (Å²) in [5.41, 5.74) is 1.87. The Hall–Kier alpha value is -1.88. The number of carbonyl (C=O) groups excluding carboxylic acids is 1. The molecule has 0 spiro atoms. The molecular weight excluding hydrogens is 236 g/mol. The summed E-state index contributed by atoms with van der Waals surface area (Å²) in [6, 6.07) is 7.52. The second-order valence-corrected chi connectivity index (χ2v) is 4.47. The second kappa shape index (κ2) is 5.45. The van der Waals surface area contributed by atoms with Crippen LogP contribution in [0.1, 0.15) is 10.6 Å². The second-order valence-electron chi connectivity index (χ2n) is 3.49. The molecule has 0 radical (unpaired) electrons. The van der Waals surface area contributed by atoms with Crippen LogP contribution < -0.4 is 5.32 Å². The molecule has 0 atom stereocenters. The summed E-state index contributed by atoms with van der Waals surface area (Å²) in [5, 5.41) is 5.27. The Morgan fingerprint density at radius 3 is 2.82 bits per heavy atom. The van der Waals surface area contributed by atoms with Crippen molar-refractivity contribution in [3.8, 4) is 0 Å². The van der Waals surface area contributed by atoms with Gasteiger partial charge in [-0.2, -0.15) is 0 Å². The Bertz CT molecular complexity index is 480. The number of aryl methyl sites for hydroxylation is 1. The third kappa shape index (κ3) is 3.57. The van der Waals surface area contributed by atoms with Crippen LogP contribution in [0.25, 0.3) is 0 Å². The van der Waals surface area contributed by atoms with E-state index in [-0.39, 0.29) is 6.61 Å². The van der Waals surface area contributed by atoms with Crippen molar-refractivity contribution in [3.63, 3.8) is 0 Å². The van der Waals surface area contributed by atoms with Crippen LogP contribution in [-0.2, 0) is 11.3 Å². The van der Waals surface area contributed by atoms with Crippen LogP contribution in [0.4, 0.5) is 10.5 Å². The lowest BCUT2D eigenvalue weighted by atomic mass is 10.2. The van der Waals surface area contributed by atoms with Gasteiger partial charge in [0.05, 0.1) is 0 Å². The van der Waals surface area contributed by atoms with E-state index < -0.39 is 6.09 Å². The van der Waals surface area contributed by atoms with Gasteiger partial charge < -0.3 is 4.74 Å². The lowest BCUT2D eigenvalue weighted by molar-refractivity contribution is 0.155. The van der Waals surface area contributed by atoms with Crippen LogP contribution in [0.2, 0.25) is 0 Å². The number of amides is 1. The van der Waals surface area contributed by atoms with E-state index >= 15 is 0 Å². The zero-order valence-electron chi connectivity index (χ0n) is 9.34. The first-order valence-corrected chi connectivity index (χ1v) is 6.01. The molecule has 5 heteroatoms. The number of thiazole rings is 1. The normalized spacial score (nSPS) is 9.94. The summed E-state index contributed by atoms with van der Waals surface area (Å²) >= 11 is 1.46. The molecule has 1 aromatic carbocycles. The molecule has 2 rings (SSSR count). The fourth-order valence-electron chi connectivity index (χ4n) is 1.24. The maximum absolute atomic E-state index is 11.4. The summed E-state index contributed by atoms with van der Waals surface area (Å²) in [4.78, 5) is 15.5. The minimum Gasteiger partial charge on any atom is -0.442 e. The standard InChI is InChI=1S/C12H12N2O2S/c1-9-2-4-10(5-3-9)14-12(15)16-8-11-13-6-7-17-11/h2-7H,8H2,1H3,(H,14,15). The third-order valence-electron chi connectivity index (χ3n) is 2.11. The van der Waals surface area contributed by atoms with Gasteiger partial charge in [0.25, 0.3) is 0 Å². The van der Waals surface area contributed by atoms with Gasteiger partial charge in [-0.25, -0.2) is 9.78 Å². The fourth-order valence-corrected chi connectivity index (χ4v) is 1.77. The molecule has 0 aliphatic heterocycles. The molecule has 4 nitrogen and oxygen atoms in total. The van der Waals surface area contributed by atoms with Crippen LogP contribution in [0.5, 0.6) is 0 Å². The van der Waals surface area contributed by atoms with Crippen molar-refractivity contribution in [2.24, 2.45) is 0 Å². The number of benzene rings is 1. The van der Waals surface area contributed by atoms with E-state index in [4.69, 9.17) is 4.74 Å². The van der Waals surface area contributed by atoms with Crippen molar-refractivity contribution in [2.45, 2.75) is 13.5 Å². The summed E-state index contributed by atoms with van der Waals surface area (Å²) < 4.78 is 5.02. The Labute approximate surface area is 103 Å². The summed E-state index contributed by atoms with van der Waals surface area (Å²) in [6.07, 6.45) is 1.21. The number of aromatic nitrogens is 1. The van der Waals surface area contributed by atoms with Crippen molar-refractivity contribution >= 4 is 23.1 Å². The van der Waals surface area contributed by atoms with Gasteiger partial charge in [0.1, 0.15) is 11.6 Å². The van der Waals surface area contributed by atoms with Crippen molar-refractivity contribution in [1.82, 2.24) is 4.98 Å². The molecule has 0 fully saturated rings. The molecule has 0 saturated heterocycles. The predicted molar refractivity (Wildman–Crippen MR) is 67.1 cm³/mol. The average molecular weight is 248 g/mol. The monoisotopic (exact) mass is 248 g/mol. The number of ether oxygens (including phenoxy) is 1. The molecule has 0 aliphatic rings. The van der Waals surface area contributed by atoms with E-state index in [1.165, 1.54) is 11.3 Å². The quantitative estimate of drug-likeness (QED) is 0.907. The lowest BCUT2D eigenvalue weighted by Crippen LogP contribution is -2.13. The zero-order chi connectivity index (χ0) is 12.1. The molecule has 0 saturated carbocycles. The van der Waals surface area contributed by atoms with Crippen LogP contribution in [0.3, 0.4) is 0 Å². The highest BCUT2D eigenvalue weighted by Gasteiger charge is 2.04. The van der Waals surface area contributed by atoms with Gasteiger partial charge >= 0.3 is 6.09 Å². The number of hydrogen-bond acceptors (Lipinski definition) is 4. The van der Waals surface area contributed by atoms with Gasteiger partial charge in [-0.1, -0.05) is 17.7 Å². The van der Waals surface area contributed by atoms with Crippen molar-refractivity contribution in [1.29, 1.82) is 0 Å². The van der Waals surface area contributed by atoms with Crippen LogP contribution in [0.15, 0.2) is 35.8 Å². The summed E-state index contributed by atoms with van der Waals surface area (Å²) in [7, 11) is 0. The van der Waals surface area contributed by atoms with E-state index in [1.54, 1.807) is 6.20 Å². The Morgan fingerprint density at radius 1 is 1.41 bits per heavy atom. The molecular formula is C12H12N2O2S. The first kappa shape index (κ1) is 11.6. The topological polar surface area (TPSA) is 51.2 Å². The van der Waals surface area contributed by atoms with Crippen molar-refractivity contribution in [2.75, 3.05) is 5.32 Å². The van der Waals surface area contributed by atoms with Gasteiger partial charge in [-0.15, -0.1) is 11.3 Å². The number of nitrogens with zero attached hydrogens (tertiary/aromatic N) is 1. The SMILES string of the molecule is Cc1ccc(NC(=O)OCc2nccs2)cc1. The van der Waals surface area contributed by atoms with Crippen LogP contribution in [-0.4, -0.2) is 11.1 Å². The molecule has 88 valence electrons. The molecule has 1 amide bonds. The number of carbonyl (C=O) groups is 1. The highest BCUT2D eigenvalue weighted by atomic mass is 32.1. The molecule has 0 unspecified atom stereocenters. The van der Waals surface area contributed by atoms with E-state index in [0.29, 0.717) is 0 Å². The fraction of sp³-hybridized carbons (Fsp3) is 0.167. The highest BCUT2D eigenvalue weighted by Crippen LogP contribution is 2.10. The Kier molecular flexibility index (Phi) is 3.72. The van der Waals surface area contributed by atoms with Gasteiger partial charge in [0.2, 0.25) is 0 Å². The van der Waals surface area contributed by atoms with E-state index in [0.717, 1.165) is 16.3 Å². The van der Waals surface area contributed by atoms with Gasteiger partial charge in [0.15, 0.2) is 0 Å². The van der Waals surface area contributed by atoms with E-state index in [2.05, 4.69) is 10.3 Å². The summed E-state index contributed by atoms with van der Waals surface area (Å²) in [6.45, 7) is 2.19. The average Bonchev–Trinajstić information content (AvgIpc) is 2.83. The Balaban J connectivity index is 1.83. The van der Waals surface area contributed by atoms with Crippen LogP contribution in [0, 0.1) is 6.92 Å². The molecule has 17 heavy (non-hydrogen) atoms. The number of nitrogens with one attached hydrogen (secondary N) is 1. The molecule has 2 aromatic rings. The lowest BCUT2D eigenvalue weighted by Gasteiger charge is -2.05. The highest BCUT2D eigenvalue weighted by molar-refractivity contribution is 7.09. The van der Waals surface area contributed by atoms with Crippen molar-refractivity contribution < 1.29 is 9.53 Å². The molecule has 1 aromatic heterocycles. The maximum atomic E-state index is 11.4. The maximum Gasteiger partial charge on any atom is 0.412 e. The summed E-state index contributed by atoms with van der Waals surface area (Å²) in [5.74, 6) is 0. The molecule has 1 heterocycles. The molecule has 0 bridgehead atoms. The largest absolute Gasteiger partial charge is 0.442 e. The number of anilines is 1. The first-order valence-electron chi connectivity index (χ1n) is 5.13. The van der Waals surface area contributed by atoms with Crippen LogP contribution >= 0.6 is 11.3 Å². The molecule has 0 aliphatic carbocycles. The first-order chi connectivity index (χ1) is 8.24. The number of rotatable bonds is 3. The smallest absolute Gasteiger partial charge is 0.412 e. The van der Waals surface area contributed by atoms with E-state index in [9.17, 15) is 4.79 Å². The van der Waals surface area contributed by atoms with Gasteiger partial charge in [-0.3, -0.25) is 5.32 Å². The molecule has 1 N–H and O–H groups in total. The van der Waals surface area contributed by atoms with Gasteiger partial charge in [0, 0.05) is 17.3 Å². The third-order valence-corrected chi connectivity index (χ3v) is 2.86. The Morgan fingerprint density at radius 2 is 2.18 bits per heavy atom. The number of hydrogen-bond donors (Lipinski definition) is 1. The van der Waals surface area contributed by atoms with E-state index in [1.807, 2.05) is 36.6 Å². The predicted octanol–water partition coefficient (Wildman–Crippen LogP) is 3.20. The zero-order valence-corrected chi connectivity index (χ0v) is 10.2. The minimum atomic E-state index is -0.468. The van der Waals surface area contributed by atoms with Gasteiger partial charge in [-0.05, 0) is 19.1 Å². The van der Waals surface area contributed by atoms with Crippen molar-refractivity contribution in [3.05, 3.63) is 46.4 Å². The minimum absolute atomic E-state index is 0.204.